The van der Waals surface area contributed by atoms with Gasteiger partial charge in [-0.05, 0) is 12.8 Å². The zero-order chi connectivity index (χ0) is 23.0. The van der Waals surface area contributed by atoms with Crippen LogP contribution in [0.4, 0.5) is 0 Å². The first-order valence-corrected chi connectivity index (χ1v) is 10.9. The van der Waals surface area contributed by atoms with Crippen molar-refractivity contribution < 1.29 is 39.2 Å². The number of unbranched alkanes of at least 4 members (excludes halogenated alkanes) is 8. The minimum absolute atomic E-state index is 0. The number of aliphatic hydroxyl groups is 2. The van der Waals surface area contributed by atoms with E-state index in [0.717, 1.165) is 12.8 Å². The molecule has 0 aliphatic heterocycles. The molecule has 0 saturated heterocycles. The zero-order valence-corrected chi connectivity index (χ0v) is 18.4. The fourth-order valence-corrected chi connectivity index (χ4v) is 2.45. The Bertz CT molecular complexity index is 434. The number of aliphatic carboxylic acids is 1. The van der Waals surface area contributed by atoms with E-state index in [2.05, 4.69) is 16.4 Å². The number of carbonyl (C=O) groups excluding carboxylic acids is 2. The van der Waals surface area contributed by atoms with Gasteiger partial charge in [-0.15, -0.1) is 0 Å². The molecule has 0 aromatic heterocycles. The molecule has 0 rings (SSSR count). The van der Waals surface area contributed by atoms with E-state index in [1.54, 1.807) is 0 Å². The summed E-state index contributed by atoms with van der Waals surface area (Å²) in [6, 6.07) is -1.06. The first kappa shape index (κ1) is 35.0. The first-order valence-electron chi connectivity index (χ1n) is 10.9. The van der Waals surface area contributed by atoms with Crippen LogP contribution in [0.3, 0.4) is 0 Å². The Labute approximate surface area is 208 Å². The molecule has 0 fully saturated rings. The fraction of sp³-hybridized carbons (Fsp3) is 0.857. The van der Waals surface area contributed by atoms with Gasteiger partial charge in [0.05, 0.1) is 26.4 Å². The average molecular weight is 460 g/mol. The molecule has 0 aromatic carbocycles. The average Bonchev–Trinajstić information content (AvgIpc) is 2.71. The topological polar surface area (TPSA) is 156 Å². The van der Waals surface area contributed by atoms with Crippen LogP contribution in [0.15, 0.2) is 0 Å². The van der Waals surface area contributed by atoms with Gasteiger partial charge in [-0.25, -0.2) is 4.79 Å². The van der Waals surface area contributed by atoms with Crippen molar-refractivity contribution in [2.24, 2.45) is 5.73 Å². The first-order chi connectivity index (χ1) is 14.4. The number of aliphatic hydroxyl groups excluding tert-OH is 2. The second-order valence-electron chi connectivity index (χ2n) is 6.97. The van der Waals surface area contributed by atoms with Crippen molar-refractivity contribution in [3.05, 3.63) is 0 Å². The Morgan fingerprint density at radius 2 is 1.32 bits per heavy atom. The van der Waals surface area contributed by atoms with E-state index in [0.29, 0.717) is 19.6 Å². The molecular weight excluding hydrogens is 417 g/mol. The molecule has 0 saturated carbocycles. The molecule has 31 heavy (non-hydrogen) atoms. The molecule has 0 aliphatic rings. The van der Waals surface area contributed by atoms with E-state index < -0.39 is 23.9 Å². The Kier molecular flexibility index (Phi) is 31.1. The SMILES string of the molecule is CCCCCCCCCCCC(=O)OC(=O)[C@@H](N)CCC(=O)O.OCCOCCO.[NaH]. The van der Waals surface area contributed by atoms with Crippen molar-refractivity contribution in [2.75, 3.05) is 26.4 Å². The van der Waals surface area contributed by atoms with Gasteiger partial charge in [0.2, 0.25) is 0 Å². The predicted molar refractivity (Wildman–Crippen MR) is 120 cm³/mol. The van der Waals surface area contributed by atoms with Crippen LogP contribution in [0, 0.1) is 0 Å². The molecule has 0 aliphatic carbocycles. The van der Waals surface area contributed by atoms with Crippen molar-refractivity contribution in [3.8, 4) is 0 Å². The maximum absolute atomic E-state index is 11.5. The Hall–Kier alpha value is -0.550. The van der Waals surface area contributed by atoms with Crippen LogP contribution < -0.4 is 5.73 Å². The van der Waals surface area contributed by atoms with Crippen LogP contribution >= 0.6 is 0 Å². The molecule has 1 atom stereocenters. The summed E-state index contributed by atoms with van der Waals surface area (Å²) in [4.78, 5) is 33.3. The summed E-state index contributed by atoms with van der Waals surface area (Å²) in [6.45, 7) is 2.89. The van der Waals surface area contributed by atoms with Gasteiger partial charge in [-0.2, -0.15) is 0 Å². The molecule has 0 amide bonds. The van der Waals surface area contributed by atoms with Gasteiger partial charge >= 0.3 is 47.5 Å². The molecule has 180 valence electrons. The van der Waals surface area contributed by atoms with Crippen molar-refractivity contribution in [2.45, 2.75) is 90.0 Å². The van der Waals surface area contributed by atoms with Gasteiger partial charge in [-0.1, -0.05) is 58.3 Å². The molecule has 9 nitrogen and oxygen atoms in total. The summed E-state index contributed by atoms with van der Waals surface area (Å²) >= 11 is 0. The summed E-state index contributed by atoms with van der Waals surface area (Å²) in [5.74, 6) is -2.45. The Balaban J connectivity index is -0.000000840. The molecule has 0 spiro atoms. The van der Waals surface area contributed by atoms with Gasteiger partial charge in [0.1, 0.15) is 6.04 Å². The molecule has 10 heteroatoms. The second kappa shape index (κ2) is 27.5. The summed E-state index contributed by atoms with van der Waals surface area (Å²) < 4.78 is 9.25. The van der Waals surface area contributed by atoms with E-state index in [1.165, 1.54) is 38.5 Å². The maximum atomic E-state index is 11.5. The number of hydrogen-bond acceptors (Lipinski definition) is 8. The van der Waals surface area contributed by atoms with E-state index in [4.69, 9.17) is 21.1 Å². The van der Waals surface area contributed by atoms with Crippen LogP contribution in [0.25, 0.3) is 0 Å². The monoisotopic (exact) mass is 459 g/mol. The van der Waals surface area contributed by atoms with Crippen LogP contribution in [-0.4, -0.2) is 95.3 Å². The van der Waals surface area contributed by atoms with Gasteiger partial charge in [0.25, 0.3) is 0 Å². The third-order valence-electron chi connectivity index (χ3n) is 4.14. The van der Waals surface area contributed by atoms with Crippen molar-refractivity contribution >= 4 is 47.5 Å². The van der Waals surface area contributed by atoms with Crippen LogP contribution in [0.1, 0.15) is 84.0 Å². The predicted octanol–water partition coefficient (Wildman–Crippen LogP) is 1.51. The molecule has 0 heterocycles. The van der Waals surface area contributed by atoms with Crippen LogP contribution in [-0.2, 0) is 23.9 Å². The number of carboxylic acid groups (broad SMARTS) is 1. The summed E-state index contributed by atoms with van der Waals surface area (Å²) in [5.41, 5.74) is 5.47. The number of ether oxygens (including phenoxy) is 2. The molecular formula is C21H42NNaO8. The van der Waals surface area contributed by atoms with Crippen LogP contribution in [0.2, 0.25) is 0 Å². The van der Waals surface area contributed by atoms with Crippen molar-refractivity contribution in [3.63, 3.8) is 0 Å². The van der Waals surface area contributed by atoms with E-state index in [9.17, 15) is 14.4 Å². The fourth-order valence-electron chi connectivity index (χ4n) is 2.45. The quantitative estimate of drug-likeness (QED) is 0.103. The van der Waals surface area contributed by atoms with Gasteiger partial charge in [0, 0.05) is 12.8 Å². The number of esters is 2. The number of nitrogens with two attached hydrogens (primary N) is 1. The third kappa shape index (κ3) is 29.4. The third-order valence-corrected chi connectivity index (χ3v) is 4.14. The molecule has 0 aromatic rings. The van der Waals surface area contributed by atoms with Gasteiger partial charge < -0.3 is 30.5 Å². The molecule has 0 bridgehead atoms. The van der Waals surface area contributed by atoms with Crippen LogP contribution in [0.5, 0.6) is 0 Å². The standard InChI is InChI=1S/C17H31NO5.C4H10O3.Na.H/c1-2-3-4-5-6-7-8-9-10-11-16(21)23-17(22)14(18)12-13-15(19)20;5-1-3-7-4-2-6;;/h14H,2-13,18H2,1H3,(H,19,20);5-6H,1-4H2;;/t14-;;;/m0.../s1. The van der Waals surface area contributed by atoms with Crippen molar-refractivity contribution in [1.29, 1.82) is 0 Å². The molecule has 5 N–H and O–H groups in total. The summed E-state index contributed by atoms with van der Waals surface area (Å²) in [6.07, 6.45) is 10.2. The number of rotatable bonds is 18. The zero-order valence-electron chi connectivity index (χ0n) is 18.4. The van der Waals surface area contributed by atoms with Gasteiger partial charge in [0.15, 0.2) is 0 Å². The molecule has 0 unspecified atom stereocenters. The minimum atomic E-state index is -1.06. The Morgan fingerprint density at radius 3 is 1.77 bits per heavy atom. The van der Waals surface area contributed by atoms with E-state index in [1.807, 2.05) is 0 Å². The summed E-state index contributed by atoms with van der Waals surface area (Å²) in [7, 11) is 0. The normalized spacial score (nSPS) is 11.0. The van der Waals surface area contributed by atoms with Gasteiger partial charge in [-0.3, -0.25) is 9.59 Å². The van der Waals surface area contributed by atoms with E-state index in [-0.39, 0.29) is 62.0 Å². The number of carboxylic acids is 1. The molecule has 0 radical (unpaired) electrons. The number of carbonyl (C=O) groups is 3. The summed E-state index contributed by atoms with van der Waals surface area (Å²) in [5, 5.41) is 24.7. The van der Waals surface area contributed by atoms with Crippen molar-refractivity contribution in [1.82, 2.24) is 0 Å². The Morgan fingerprint density at radius 1 is 0.839 bits per heavy atom. The number of hydrogen-bond donors (Lipinski definition) is 4. The second-order valence-corrected chi connectivity index (χ2v) is 6.97. The van der Waals surface area contributed by atoms with E-state index >= 15 is 0 Å².